The molecule has 1 aliphatic heterocycles. The molecule has 4 heteroatoms. The maximum Gasteiger partial charge on any atom is 0.219 e. The number of likely N-dealkylation sites (tertiary alicyclic amines) is 1. The van der Waals surface area contributed by atoms with Gasteiger partial charge in [0, 0.05) is 25.4 Å². The maximum absolute atomic E-state index is 11.9. The molecule has 1 aliphatic carbocycles. The van der Waals surface area contributed by atoms with Gasteiger partial charge in [-0.25, -0.2) is 0 Å². The molecular formula is C16H22N2O2. The first-order valence-electron chi connectivity index (χ1n) is 7.13. The lowest BCUT2D eigenvalue weighted by molar-refractivity contribution is -0.130. The Morgan fingerprint density at radius 1 is 1.35 bits per heavy atom. The first kappa shape index (κ1) is 13.4. The highest BCUT2D eigenvalue weighted by molar-refractivity contribution is 5.75. The Morgan fingerprint density at radius 2 is 1.95 bits per heavy atom. The third-order valence-corrected chi connectivity index (χ3v) is 4.90. The van der Waals surface area contributed by atoms with Crippen LogP contribution in [0.1, 0.15) is 29.7 Å². The second-order valence-corrected chi connectivity index (χ2v) is 6.11. The van der Waals surface area contributed by atoms with E-state index in [0.717, 1.165) is 12.3 Å². The summed E-state index contributed by atoms with van der Waals surface area (Å²) in [5, 5.41) is 0. The number of nitrogens with two attached hydrogens (primary N) is 1. The van der Waals surface area contributed by atoms with Gasteiger partial charge < -0.3 is 15.4 Å². The van der Waals surface area contributed by atoms with E-state index in [4.69, 9.17) is 10.5 Å². The molecule has 1 aromatic rings. The number of hydrogen-bond donors (Lipinski definition) is 1. The van der Waals surface area contributed by atoms with E-state index in [1.807, 2.05) is 17.0 Å². The second kappa shape index (κ2) is 4.48. The zero-order chi connectivity index (χ0) is 14.6. The predicted molar refractivity (Wildman–Crippen MR) is 77.6 cm³/mol. The normalized spacial score (nSPS) is 31.1. The fraction of sp³-hybridized carbons (Fsp3) is 0.562. The molecule has 0 radical (unpaired) electrons. The number of piperidine rings is 1. The summed E-state index contributed by atoms with van der Waals surface area (Å²) in [6.45, 7) is 6.63. The number of methoxy groups -OCH3 is 1. The lowest BCUT2D eigenvalue weighted by Gasteiger charge is -2.30. The van der Waals surface area contributed by atoms with Crippen molar-refractivity contribution in [3.05, 3.63) is 28.8 Å². The van der Waals surface area contributed by atoms with Gasteiger partial charge in [-0.1, -0.05) is 0 Å². The van der Waals surface area contributed by atoms with E-state index < -0.39 is 0 Å². The van der Waals surface area contributed by atoms with E-state index in [1.165, 1.54) is 16.7 Å². The zero-order valence-corrected chi connectivity index (χ0v) is 12.5. The number of rotatable bonds is 2. The summed E-state index contributed by atoms with van der Waals surface area (Å²) in [5.74, 6) is 1.91. The number of nitrogens with zero attached hydrogens (tertiary/aromatic N) is 1. The number of hydrogen-bond acceptors (Lipinski definition) is 3. The third kappa shape index (κ3) is 1.82. The molecule has 4 atom stereocenters. The van der Waals surface area contributed by atoms with Gasteiger partial charge in [0.15, 0.2) is 0 Å². The molecule has 3 rings (SSSR count). The van der Waals surface area contributed by atoms with Crippen LogP contribution in [0.2, 0.25) is 0 Å². The van der Waals surface area contributed by atoms with Crippen LogP contribution in [0.5, 0.6) is 5.75 Å². The molecule has 1 saturated carbocycles. The number of carbonyl (C=O) groups is 1. The van der Waals surface area contributed by atoms with Crippen molar-refractivity contribution in [1.29, 1.82) is 0 Å². The van der Waals surface area contributed by atoms with Gasteiger partial charge in [-0.15, -0.1) is 0 Å². The predicted octanol–water partition coefficient (Wildman–Crippen LogP) is 1.79. The molecule has 1 heterocycles. The molecule has 2 aliphatic rings. The molecule has 4 unspecified atom stereocenters. The van der Waals surface area contributed by atoms with Crippen LogP contribution in [-0.4, -0.2) is 30.5 Å². The van der Waals surface area contributed by atoms with Crippen molar-refractivity contribution in [2.24, 2.45) is 17.6 Å². The van der Waals surface area contributed by atoms with Crippen molar-refractivity contribution in [3.63, 3.8) is 0 Å². The third-order valence-electron chi connectivity index (χ3n) is 4.90. The smallest absolute Gasteiger partial charge is 0.219 e. The van der Waals surface area contributed by atoms with E-state index in [-0.39, 0.29) is 18.0 Å². The largest absolute Gasteiger partial charge is 0.497 e. The Kier molecular flexibility index (Phi) is 3.01. The number of carbonyl (C=O) groups excluding carboxylic acids is 1. The number of amides is 1. The highest BCUT2D eigenvalue weighted by Crippen LogP contribution is 2.56. The number of aryl methyl sites for hydroxylation is 2. The Labute approximate surface area is 119 Å². The lowest BCUT2D eigenvalue weighted by Crippen LogP contribution is -2.35. The van der Waals surface area contributed by atoms with Crippen molar-refractivity contribution in [2.45, 2.75) is 32.9 Å². The van der Waals surface area contributed by atoms with Crippen molar-refractivity contribution in [2.75, 3.05) is 13.7 Å². The summed E-state index contributed by atoms with van der Waals surface area (Å²) >= 11 is 0. The van der Waals surface area contributed by atoms with Crippen LogP contribution in [0.15, 0.2) is 12.1 Å². The summed E-state index contributed by atoms with van der Waals surface area (Å²) < 4.78 is 5.32. The summed E-state index contributed by atoms with van der Waals surface area (Å²) in [6.07, 6.45) is 0. The van der Waals surface area contributed by atoms with Gasteiger partial charge in [-0.3, -0.25) is 4.79 Å². The van der Waals surface area contributed by atoms with Gasteiger partial charge in [0.25, 0.3) is 0 Å². The van der Waals surface area contributed by atoms with Gasteiger partial charge in [-0.05, 0) is 48.6 Å². The monoisotopic (exact) mass is 274 g/mol. The fourth-order valence-corrected chi connectivity index (χ4v) is 3.86. The van der Waals surface area contributed by atoms with E-state index in [0.29, 0.717) is 11.8 Å². The van der Waals surface area contributed by atoms with Gasteiger partial charge >= 0.3 is 0 Å². The van der Waals surface area contributed by atoms with E-state index >= 15 is 0 Å². The van der Waals surface area contributed by atoms with Crippen LogP contribution in [-0.2, 0) is 4.79 Å². The van der Waals surface area contributed by atoms with Gasteiger partial charge in [-0.2, -0.15) is 0 Å². The quantitative estimate of drug-likeness (QED) is 0.894. The Balaban J connectivity index is 2.04. The molecular weight excluding hydrogens is 252 g/mol. The van der Waals surface area contributed by atoms with Gasteiger partial charge in [0.05, 0.1) is 13.2 Å². The summed E-state index contributed by atoms with van der Waals surface area (Å²) in [4.78, 5) is 13.9. The molecule has 2 fully saturated rings. The Bertz CT molecular complexity index is 547. The standard InChI is InChI=1S/C16H22N2O2/c1-8-5-11(20-4)6-9(2)13(8)16-14-12(15(14)17)7-18(16)10(3)19/h5-6,12,14-16H,7,17H2,1-4H3. The lowest BCUT2D eigenvalue weighted by atomic mass is 9.92. The topological polar surface area (TPSA) is 55.6 Å². The van der Waals surface area contributed by atoms with Crippen molar-refractivity contribution in [3.8, 4) is 5.75 Å². The molecule has 1 aromatic carbocycles. The highest BCUT2D eigenvalue weighted by Gasteiger charge is 2.61. The molecule has 2 N–H and O–H groups in total. The first-order valence-corrected chi connectivity index (χ1v) is 7.13. The van der Waals surface area contributed by atoms with Crippen molar-refractivity contribution < 1.29 is 9.53 Å². The minimum Gasteiger partial charge on any atom is -0.497 e. The van der Waals surface area contributed by atoms with Crippen molar-refractivity contribution in [1.82, 2.24) is 4.90 Å². The first-order chi connectivity index (χ1) is 9.45. The van der Waals surface area contributed by atoms with E-state index in [1.54, 1.807) is 14.0 Å². The van der Waals surface area contributed by atoms with E-state index in [9.17, 15) is 4.79 Å². The van der Waals surface area contributed by atoms with Crippen LogP contribution in [0, 0.1) is 25.7 Å². The summed E-state index contributed by atoms with van der Waals surface area (Å²) in [6, 6.07) is 4.47. The molecule has 0 bridgehead atoms. The number of fused-ring (bicyclic) bond motifs is 1. The highest BCUT2D eigenvalue weighted by atomic mass is 16.5. The maximum atomic E-state index is 11.9. The molecule has 0 spiro atoms. The molecule has 108 valence electrons. The van der Waals surface area contributed by atoms with Crippen LogP contribution >= 0.6 is 0 Å². The summed E-state index contributed by atoms with van der Waals surface area (Å²) in [7, 11) is 1.68. The fourth-order valence-electron chi connectivity index (χ4n) is 3.86. The molecule has 4 nitrogen and oxygen atoms in total. The average Bonchev–Trinajstić information content (AvgIpc) is 2.84. The molecule has 1 saturated heterocycles. The van der Waals surface area contributed by atoms with Crippen LogP contribution in [0.3, 0.4) is 0 Å². The summed E-state index contributed by atoms with van der Waals surface area (Å²) in [5.41, 5.74) is 9.76. The van der Waals surface area contributed by atoms with Gasteiger partial charge in [0.2, 0.25) is 5.91 Å². The Morgan fingerprint density at radius 3 is 2.45 bits per heavy atom. The second-order valence-electron chi connectivity index (χ2n) is 6.11. The minimum absolute atomic E-state index is 0.137. The van der Waals surface area contributed by atoms with Crippen LogP contribution in [0.25, 0.3) is 0 Å². The molecule has 1 amide bonds. The van der Waals surface area contributed by atoms with Crippen molar-refractivity contribution >= 4 is 5.91 Å². The van der Waals surface area contributed by atoms with Crippen LogP contribution < -0.4 is 10.5 Å². The number of ether oxygens (including phenoxy) is 1. The molecule has 0 aromatic heterocycles. The molecule has 20 heavy (non-hydrogen) atoms. The zero-order valence-electron chi connectivity index (χ0n) is 12.5. The minimum atomic E-state index is 0.137. The van der Waals surface area contributed by atoms with E-state index in [2.05, 4.69) is 13.8 Å². The Hall–Kier alpha value is -1.55. The SMILES string of the molecule is COc1cc(C)c(C2C3C(N)C3CN2C(C)=O)c(C)c1. The van der Waals surface area contributed by atoms with Gasteiger partial charge in [0.1, 0.15) is 5.75 Å². The number of benzene rings is 1. The van der Waals surface area contributed by atoms with Crippen LogP contribution in [0.4, 0.5) is 0 Å². The average molecular weight is 274 g/mol.